The summed E-state index contributed by atoms with van der Waals surface area (Å²) in [5.41, 5.74) is 1.38. The average Bonchev–Trinajstić information content (AvgIpc) is 2.01. The molecule has 3 nitrogen and oxygen atoms in total. The molecule has 0 atom stereocenters. The van der Waals surface area contributed by atoms with Crippen molar-refractivity contribution in [1.29, 1.82) is 0 Å². The number of nitrogens with two attached hydrogens (primary N) is 1. The fourth-order valence-corrected chi connectivity index (χ4v) is 1.23. The monoisotopic (exact) mass is 203 g/mol. The van der Waals surface area contributed by atoms with Crippen LogP contribution < -0.4 is 5.84 Å². The van der Waals surface area contributed by atoms with Crippen LogP contribution in [-0.4, -0.2) is 0 Å². The van der Waals surface area contributed by atoms with E-state index in [0.29, 0.717) is 15.7 Å². The van der Waals surface area contributed by atoms with E-state index < -0.39 is 0 Å². The molecule has 1 aromatic carbocycles. The van der Waals surface area contributed by atoms with Crippen LogP contribution in [0.15, 0.2) is 22.5 Å². The van der Waals surface area contributed by atoms with E-state index in [9.17, 15) is 0 Å². The van der Waals surface area contributed by atoms with Crippen molar-refractivity contribution in [2.24, 2.45) is 16.2 Å². The zero-order chi connectivity index (χ0) is 9.14. The molecule has 1 aromatic rings. The number of nitrogens with zero attached hydrogens (tertiary/aromatic N) is 2. The van der Waals surface area contributed by atoms with Gasteiger partial charge in [-0.15, -0.1) is 5.11 Å². The molecule has 1 rings (SSSR count). The highest BCUT2D eigenvalue weighted by atomic mass is 35.5. The largest absolute Gasteiger partial charge is 0.305 e. The van der Waals surface area contributed by atoms with E-state index >= 15 is 0 Å². The summed E-state index contributed by atoms with van der Waals surface area (Å²) in [6.07, 6.45) is 0. The van der Waals surface area contributed by atoms with Gasteiger partial charge >= 0.3 is 0 Å². The van der Waals surface area contributed by atoms with Crippen LogP contribution in [0.5, 0.6) is 0 Å². The number of halogens is 2. The third-order valence-electron chi connectivity index (χ3n) is 1.44. The van der Waals surface area contributed by atoms with E-state index in [1.165, 1.54) is 0 Å². The quantitative estimate of drug-likeness (QED) is 0.426. The zero-order valence-electron chi connectivity index (χ0n) is 6.38. The molecule has 0 bridgehead atoms. The summed E-state index contributed by atoms with van der Waals surface area (Å²) >= 11 is 11.7. The Morgan fingerprint density at radius 1 is 1.25 bits per heavy atom. The van der Waals surface area contributed by atoms with Gasteiger partial charge in [-0.25, -0.2) is 0 Å². The Bertz CT molecular complexity index is 299. The molecule has 0 aliphatic carbocycles. The summed E-state index contributed by atoms with van der Waals surface area (Å²) in [5.74, 6) is 4.87. The predicted octanol–water partition coefficient (Wildman–Crippen LogP) is 3.26. The van der Waals surface area contributed by atoms with Gasteiger partial charge in [-0.1, -0.05) is 28.4 Å². The second kappa shape index (κ2) is 3.74. The van der Waals surface area contributed by atoms with Crippen molar-refractivity contribution >= 4 is 28.9 Å². The molecule has 0 unspecified atom stereocenters. The second-order valence-electron chi connectivity index (χ2n) is 2.25. The highest BCUT2D eigenvalue weighted by molar-refractivity contribution is 6.36. The number of rotatable bonds is 1. The van der Waals surface area contributed by atoms with Crippen LogP contribution in [0.4, 0.5) is 5.69 Å². The molecule has 0 aliphatic heterocycles. The van der Waals surface area contributed by atoms with Crippen molar-refractivity contribution in [1.82, 2.24) is 0 Å². The number of hydrogen-bond acceptors (Lipinski definition) is 2. The lowest BCUT2D eigenvalue weighted by Gasteiger charge is -2.00. The maximum absolute atomic E-state index is 5.83. The first-order valence-corrected chi connectivity index (χ1v) is 3.97. The number of benzene rings is 1. The van der Waals surface area contributed by atoms with E-state index in [4.69, 9.17) is 29.0 Å². The highest BCUT2D eigenvalue weighted by Gasteiger charge is 2.02. The lowest BCUT2D eigenvalue weighted by atomic mass is 10.2. The third kappa shape index (κ3) is 1.87. The van der Waals surface area contributed by atoms with Crippen LogP contribution >= 0.6 is 23.2 Å². The van der Waals surface area contributed by atoms with Crippen LogP contribution in [-0.2, 0) is 0 Å². The van der Waals surface area contributed by atoms with Crippen LogP contribution in [0.25, 0.3) is 0 Å². The van der Waals surface area contributed by atoms with Gasteiger partial charge in [0, 0.05) is 10.0 Å². The lowest BCUT2D eigenvalue weighted by molar-refractivity contribution is 1.06. The van der Waals surface area contributed by atoms with Gasteiger partial charge in [0.25, 0.3) is 0 Å². The second-order valence-corrected chi connectivity index (χ2v) is 3.06. The van der Waals surface area contributed by atoms with Gasteiger partial charge in [0.15, 0.2) is 0 Å². The lowest BCUT2D eigenvalue weighted by Crippen LogP contribution is -1.78. The van der Waals surface area contributed by atoms with Crippen molar-refractivity contribution in [3.8, 4) is 0 Å². The molecule has 0 heterocycles. The summed E-state index contributed by atoms with van der Waals surface area (Å²) in [7, 11) is 0. The first-order chi connectivity index (χ1) is 5.65. The van der Waals surface area contributed by atoms with Gasteiger partial charge < -0.3 is 5.84 Å². The Balaban J connectivity index is 3.21. The Kier molecular flexibility index (Phi) is 2.89. The van der Waals surface area contributed by atoms with Crippen LogP contribution in [0.3, 0.4) is 0 Å². The van der Waals surface area contributed by atoms with Crippen molar-refractivity contribution in [3.63, 3.8) is 0 Å². The molecule has 12 heavy (non-hydrogen) atoms. The molecule has 5 heteroatoms. The summed E-state index contributed by atoms with van der Waals surface area (Å²) in [4.78, 5) is 0. The molecule has 0 aliphatic rings. The minimum absolute atomic E-state index is 0.554. The Labute approximate surface area is 80.2 Å². The van der Waals surface area contributed by atoms with Gasteiger partial charge in [0.2, 0.25) is 0 Å². The fraction of sp³-hybridized carbons (Fsp3) is 0.143. The molecule has 0 spiro atoms. The maximum atomic E-state index is 5.83. The van der Waals surface area contributed by atoms with E-state index in [1.54, 1.807) is 12.1 Å². The highest BCUT2D eigenvalue weighted by Crippen LogP contribution is 2.29. The van der Waals surface area contributed by atoms with Gasteiger partial charge in [0.05, 0.1) is 5.69 Å². The summed E-state index contributed by atoms with van der Waals surface area (Å²) in [6.45, 7) is 1.83. The molecule has 2 N–H and O–H groups in total. The van der Waals surface area contributed by atoms with Crippen molar-refractivity contribution < 1.29 is 0 Å². The van der Waals surface area contributed by atoms with E-state index in [1.807, 2.05) is 6.92 Å². The van der Waals surface area contributed by atoms with E-state index in [0.717, 1.165) is 5.56 Å². The fourth-order valence-electron chi connectivity index (χ4n) is 0.756. The molecular weight excluding hydrogens is 197 g/mol. The Hall–Kier alpha value is -0.800. The van der Waals surface area contributed by atoms with Gasteiger partial charge in [0.1, 0.15) is 0 Å². The minimum Gasteiger partial charge on any atom is -0.305 e. The standard InChI is InChI=1S/C7H7Cl2N3/c1-4-6(8)2-5(11-12-10)3-7(4)9/h2-3H,1H3,(H2,10,11). The zero-order valence-corrected chi connectivity index (χ0v) is 7.89. The molecule has 0 amide bonds. The predicted molar refractivity (Wildman–Crippen MR) is 49.9 cm³/mol. The Morgan fingerprint density at radius 3 is 2.17 bits per heavy atom. The molecule has 0 aromatic heterocycles. The van der Waals surface area contributed by atoms with Crippen molar-refractivity contribution in [2.45, 2.75) is 6.92 Å². The van der Waals surface area contributed by atoms with Crippen LogP contribution in [0.2, 0.25) is 10.0 Å². The van der Waals surface area contributed by atoms with Crippen molar-refractivity contribution in [2.75, 3.05) is 0 Å². The molecule has 0 fully saturated rings. The molecule has 0 radical (unpaired) electrons. The molecular formula is C7H7Cl2N3. The van der Waals surface area contributed by atoms with Crippen LogP contribution in [0, 0.1) is 6.92 Å². The topological polar surface area (TPSA) is 50.7 Å². The van der Waals surface area contributed by atoms with Gasteiger partial charge in [-0.3, -0.25) is 0 Å². The Morgan fingerprint density at radius 2 is 1.75 bits per heavy atom. The molecule has 0 saturated carbocycles. The molecule has 64 valence electrons. The smallest absolute Gasteiger partial charge is 0.0903 e. The third-order valence-corrected chi connectivity index (χ3v) is 2.22. The number of hydrogen-bond donors (Lipinski definition) is 1. The SMILES string of the molecule is Cc1c(Cl)cc(N=NN)cc1Cl. The summed E-state index contributed by atoms with van der Waals surface area (Å²) in [6, 6.07) is 3.30. The van der Waals surface area contributed by atoms with Gasteiger partial charge in [-0.05, 0) is 24.6 Å². The van der Waals surface area contributed by atoms with E-state index in [-0.39, 0.29) is 0 Å². The normalized spacial score (nSPS) is 10.9. The van der Waals surface area contributed by atoms with Crippen LogP contribution in [0.1, 0.15) is 5.56 Å². The summed E-state index contributed by atoms with van der Waals surface area (Å²) < 4.78 is 0. The first kappa shape index (κ1) is 9.29. The minimum atomic E-state index is 0.554. The van der Waals surface area contributed by atoms with E-state index in [2.05, 4.69) is 10.3 Å². The first-order valence-electron chi connectivity index (χ1n) is 3.21. The summed E-state index contributed by atoms with van der Waals surface area (Å²) in [5, 5.41) is 7.85. The average molecular weight is 204 g/mol. The van der Waals surface area contributed by atoms with Crippen molar-refractivity contribution in [3.05, 3.63) is 27.7 Å². The maximum Gasteiger partial charge on any atom is 0.0903 e. The molecule has 0 saturated heterocycles. The van der Waals surface area contributed by atoms with Gasteiger partial charge in [-0.2, -0.15) is 0 Å².